The lowest BCUT2D eigenvalue weighted by molar-refractivity contribution is -0.110. The highest BCUT2D eigenvalue weighted by Crippen LogP contribution is 2.23. The summed E-state index contributed by atoms with van der Waals surface area (Å²) in [6.07, 6.45) is 1.61. The van der Waals surface area contributed by atoms with Crippen LogP contribution in [0.3, 0.4) is 0 Å². The van der Waals surface area contributed by atoms with Crippen molar-refractivity contribution in [1.82, 2.24) is 20.4 Å². The number of hydrogen-bond acceptors (Lipinski definition) is 8. The molecule has 2 heterocycles. The zero-order valence-electron chi connectivity index (χ0n) is 16.1. The molecule has 0 radical (unpaired) electrons. The van der Waals surface area contributed by atoms with Crippen LogP contribution < -0.4 is 11.1 Å². The largest absolute Gasteiger partial charge is 0.508 e. The monoisotopic (exact) mass is 403 g/mol. The molecule has 29 heavy (non-hydrogen) atoms. The summed E-state index contributed by atoms with van der Waals surface area (Å²) in [5, 5.41) is 25.8. The number of nitrogens with one attached hydrogen (secondary N) is 1. The van der Waals surface area contributed by atoms with Crippen LogP contribution in [0.15, 0.2) is 28.8 Å². The Morgan fingerprint density at radius 1 is 1.45 bits per heavy atom. The molecule has 1 aromatic heterocycles. The maximum absolute atomic E-state index is 12.8. The lowest BCUT2D eigenvalue weighted by atomic mass is 10.1. The van der Waals surface area contributed by atoms with E-state index in [2.05, 4.69) is 15.5 Å². The summed E-state index contributed by atoms with van der Waals surface area (Å²) >= 11 is 0. The van der Waals surface area contributed by atoms with Crippen molar-refractivity contribution in [3.05, 3.63) is 41.5 Å². The van der Waals surface area contributed by atoms with Crippen LogP contribution >= 0.6 is 0 Å². The molecule has 0 aliphatic carbocycles. The van der Waals surface area contributed by atoms with Gasteiger partial charge in [-0.1, -0.05) is 17.3 Å². The number of aromatic nitrogens is 2. The van der Waals surface area contributed by atoms with Crippen LogP contribution in [0.1, 0.15) is 49.1 Å². The van der Waals surface area contributed by atoms with Crippen LogP contribution in [0, 0.1) is 0 Å². The number of carbonyl (C=O) groups excluding carboxylic acids is 2. The number of aliphatic hydroxyl groups is 1. The van der Waals surface area contributed by atoms with Gasteiger partial charge in [0.05, 0.1) is 18.2 Å². The first-order chi connectivity index (χ1) is 13.9. The van der Waals surface area contributed by atoms with Gasteiger partial charge in [-0.3, -0.25) is 0 Å². The molecule has 156 valence electrons. The number of urea groups is 1. The number of phenolic OH excluding ortho intramolecular Hbond substituents is 1. The van der Waals surface area contributed by atoms with E-state index < -0.39 is 30.3 Å². The standard InChI is InChI=1S/C19H25N5O5/c1-11(26)16(20)17-22-18(29-23-17)15(9-12-4-6-14(27)7-5-12)21-19(28)24-8-2-3-13(24)10-25/h4-7,10-11,13,15-16,26-27H,2-3,8-9,20H2,1H3,(H,21,28)/t11?,13?,15-,16?/m0/s1. The number of likely N-dealkylation sites (tertiary alicyclic amines) is 1. The fourth-order valence-corrected chi connectivity index (χ4v) is 3.23. The van der Waals surface area contributed by atoms with Crippen LogP contribution in [0.5, 0.6) is 5.75 Å². The van der Waals surface area contributed by atoms with Gasteiger partial charge in [0.15, 0.2) is 5.82 Å². The second-order valence-electron chi connectivity index (χ2n) is 7.17. The number of aromatic hydroxyl groups is 1. The molecule has 10 nitrogen and oxygen atoms in total. The number of phenols is 1. The van der Waals surface area contributed by atoms with Crippen molar-refractivity contribution in [1.29, 1.82) is 0 Å². The molecule has 1 saturated heterocycles. The van der Waals surface area contributed by atoms with Gasteiger partial charge in [0, 0.05) is 13.0 Å². The second kappa shape index (κ2) is 9.01. The molecule has 1 aromatic carbocycles. The van der Waals surface area contributed by atoms with Gasteiger partial charge in [0.2, 0.25) is 5.89 Å². The molecular weight excluding hydrogens is 378 g/mol. The van der Waals surface area contributed by atoms with Gasteiger partial charge in [-0.15, -0.1) is 0 Å². The lowest BCUT2D eigenvalue weighted by Gasteiger charge is -2.24. The Morgan fingerprint density at radius 2 is 2.17 bits per heavy atom. The first-order valence-corrected chi connectivity index (χ1v) is 9.46. The van der Waals surface area contributed by atoms with Gasteiger partial charge in [0.1, 0.15) is 18.1 Å². The van der Waals surface area contributed by atoms with E-state index in [9.17, 15) is 19.8 Å². The van der Waals surface area contributed by atoms with Gasteiger partial charge < -0.3 is 35.5 Å². The average Bonchev–Trinajstić information content (AvgIpc) is 3.38. The van der Waals surface area contributed by atoms with Crippen molar-refractivity contribution in [3.63, 3.8) is 0 Å². The fraction of sp³-hybridized carbons (Fsp3) is 0.474. The minimum Gasteiger partial charge on any atom is -0.508 e. The maximum Gasteiger partial charge on any atom is 0.318 e. The van der Waals surface area contributed by atoms with Crippen molar-refractivity contribution < 1.29 is 24.3 Å². The van der Waals surface area contributed by atoms with Crippen LogP contribution in [0.2, 0.25) is 0 Å². The summed E-state index contributed by atoms with van der Waals surface area (Å²) in [4.78, 5) is 29.7. The lowest BCUT2D eigenvalue weighted by Crippen LogP contribution is -2.45. The number of aldehydes is 1. The summed E-state index contributed by atoms with van der Waals surface area (Å²) in [6.45, 7) is 2.01. The van der Waals surface area contributed by atoms with E-state index in [1.54, 1.807) is 24.3 Å². The predicted molar refractivity (Wildman–Crippen MR) is 102 cm³/mol. The van der Waals surface area contributed by atoms with Crippen molar-refractivity contribution in [3.8, 4) is 5.75 Å². The van der Waals surface area contributed by atoms with Gasteiger partial charge in [-0.05, 0) is 37.5 Å². The molecule has 2 amide bonds. The molecule has 0 bridgehead atoms. The molecule has 2 aromatic rings. The Kier molecular flexibility index (Phi) is 6.45. The van der Waals surface area contributed by atoms with Crippen LogP contribution in [0.4, 0.5) is 4.79 Å². The van der Waals surface area contributed by atoms with Crippen molar-refractivity contribution in [2.75, 3.05) is 6.54 Å². The first-order valence-electron chi connectivity index (χ1n) is 9.46. The van der Waals surface area contributed by atoms with Gasteiger partial charge in [-0.25, -0.2) is 4.79 Å². The Morgan fingerprint density at radius 3 is 2.83 bits per heavy atom. The maximum atomic E-state index is 12.8. The molecular formula is C19H25N5O5. The molecule has 1 aliphatic rings. The second-order valence-corrected chi connectivity index (χ2v) is 7.17. The topological polar surface area (TPSA) is 155 Å². The Labute approximate surface area is 167 Å². The predicted octanol–water partition coefficient (Wildman–Crippen LogP) is 0.812. The molecule has 3 unspecified atom stereocenters. The highest BCUT2D eigenvalue weighted by molar-refractivity contribution is 5.79. The Balaban J connectivity index is 1.82. The Hall–Kier alpha value is -2.98. The van der Waals surface area contributed by atoms with Crippen LogP contribution in [-0.4, -0.2) is 56.3 Å². The summed E-state index contributed by atoms with van der Waals surface area (Å²) in [5.41, 5.74) is 6.68. The number of carbonyl (C=O) groups is 2. The number of benzene rings is 1. The van der Waals surface area contributed by atoms with E-state index in [0.717, 1.165) is 18.3 Å². The fourth-order valence-electron chi connectivity index (χ4n) is 3.23. The minimum absolute atomic E-state index is 0.128. The molecule has 4 atom stereocenters. The van der Waals surface area contributed by atoms with E-state index in [-0.39, 0.29) is 17.5 Å². The number of nitrogens with two attached hydrogens (primary N) is 1. The number of nitrogens with zero attached hydrogens (tertiary/aromatic N) is 3. The van der Waals surface area contributed by atoms with Gasteiger partial charge >= 0.3 is 6.03 Å². The number of hydrogen-bond donors (Lipinski definition) is 4. The van der Waals surface area contributed by atoms with Crippen LogP contribution in [0.25, 0.3) is 0 Å². The van der Waals surface area contributed by atoms with E-state index in [4.69, 9.17) is 10.3 Å². The molecule has 3 rings (SSSR count). The normalized spacial score (nSPS) is 19.6. The first kappa shape index (κ1) is 20.7. The summed E-state index contributed by atoms with van der Waals surface area (Å²) in [5.74, 6) is 0.398. The third kappa shape index (κ3) is 4.90. The SMILES string of the molecule is CC(O)C(N)c1noc([C@H](Cc2ccc(O)cc2)NC(=O)N2CCCC2C=O)n1. The van der Waals surface area contributed by atoms with E-state index in [1.807, 2.05) is 0 Å². The highest BCUT2D eigenvalue weighted by Gasteiger charge is 2.32. The third-order valence-electron chi connectivity index (χ3n) is 4.96. The third-order valence-corrected chi connectivity index (χ3v) is 4.96. The number of rotatable bonds is 7. The zero-order chi connectivity index (χ0) is 21.0. The average molecular weight is 403 g/mol. The molecule has 10 heteroatoms. The van der Waals surface area contributed by atoms with Gasteiger partial charge in [0.25, 0.3) is 0 Å². The smallest absolute Gasteiger partial charge is 0.318 e. The van der Waals surface area contributed by atoms with Gasteiger partial charge in [-0.2, -0.15) is 4.98 Å². The Bertz CT molecular complexity index is 838. The van der Waals surface area contributed by atoms with Crippen molar-refractivity contribution in [2.45, 2.75) is 50.4 Å². The van der Waals surface area contributed by atoms with E-state index in [1.165, 1.54) is 11.8 Å². The summed E-state index contributed by atoms with van der Waals surface area (Å²) in [6, 6.07) is 4.17. The highest BCUT2D eigenvalue weighted by atomic mass is 16.5. The molecule has 0 spiro atoms. The van der Waals surface area contributed by atoms with E-state index >= 15 is 0 Å². The number of aliphatic hydroxyl groups excluding tert-OH is 1. The summed E-state index contributed by atoms with van der Waals surface area (Å²) in [7, 11) is 0. The van der Waals surface area contributed by atoms with E-state index in [0.29, 0.717) is 19.4 Å². The quantitative estimate of drug-likeness (QED) is 0.495. The van der Waals surface area contributed by atoms with Crippen molar-refractivity contribution >= 4 is 12.3 Å². The molecule has 1 fully saturated rings. The molecule has 1 aliphatic heterocycles. The number of amides is 2. The minimum atomic E-state index is -0.872. The van der Waals surface area contributed by atoms with Crippen LogP contribution in [-0.2, 0) is 11.2 Å². The summed E-state index contributed by atoms with van der Waals surface area (Å²) < 4.78 is 5.31. The van der Waals surface area contributed by atoms with Crippen molar-refractivity contribution in [2.24, 2.45) is 5.73 Å². The zero-order valence-corrected chi connectivity index (χ0v) is 16.1. The molecule has 5 N–H and O–H groups in total. The molecule has 0 saturated carbocycles.